The predicted octanol–water partition coefficient (Wildman–Crippen LogP) is 5.66. The van der Waals surface area contributed by atoms with Gasteiger partial charge in [0.1, 0.15) is 0 Å². The molecule has 0 aliphatic carbocycles. The molecule has 114 valence electrons. The number of hydrogen-bond acceptors (Lipinski definition) is 2. The SMILES string of the molecule is C=CC(=O)OC.CCCCCCCCCCCCC. The standard InChI is InChI=1S/C13H28.C4H6O2/c1-3-5-7-9-11-13-12-10-8-6-4-2;1-3-4(5)6-2/h3-13H2,1-2H3;3H,1H2,2H3. The van der Waals surface area contributed by atoms with Gasteiger partial charge in [0.15, 0.2) is 0 Å². The molecule has 0 fully saturated rings. The fraction of sp³-hybridized carbons (Fsp3) is 0.824. The number of carbonyl (C=O) groups is 1. The van der Waals surface area contributed by atoms with Crippen molar-refractivity contribution in [1.29, 1.82) is 0 Å². The van der Waals surface area contributed by atoms with E-state index in [2.05, 4.69) is 25.2 Å². The molecule has 0 aromatic rings. The molecule has 0 heterocycles. The van der Waals surface area contributed by atoms with Crippen LogP contribution in [-0.4, -0.2) is 13.1 Å². The Labute approximate surface area is 120 Å². The number of methoxy groups -OCH3 is 1. The summed E-state index contributed by atoms with van der Waals surface area (Å²) in [6, 6.07) is 0. The van der Waals surface area contributed by atoms with Crippen molar-refractivity contribution in [3.8, 4) is 0 Å². The van der Waals surface area contributed by atoms with Crippen molar-refractivity contribution in [1.82, 2.24) is 0 Å². The Bertz CT molecular complexity index is 178. The molecule has 0 saturated heterocycles. The molecule has 2 heteroatoms. The van der Waals surface area contributed by atoms with E-state index in [1.165, 1.54) is 77.7 Å². The summed E-state index contributed by atoms with van der Waals surface area (Å²) in [4.78, 5) is 9.84. The molecule has 0 aromatic carbocycles. The van der Waals surface area contributed by atoms with Crippen molar-refractivity contribution < 1.29 is 9.53 Å². The van der Waals surface area contributed by atoms with Crippen LogP contribution in [0.3, 0.4) is 0 Å². The van der Waals surface area contributed by atoms with E-state index in [9.17, 15) is 4.79 Å². The average molecular weight is 270 g/mol. The number of ether oxygens (including phenoxy) is 1. The highest BCUT2D eigenvalue weighted by atomic mass is 16.5. The molecule has 0 aliphatic heterocycles. The fourth-order valence-electron chi connectivity index (χ4n) is 1.82. The molecule has 19 heavy (non-hydrogen) atoms. The molecular formula is C17H34O2. The van der Waals surface area contributed by atoms with Gasteiger partial charge in [-0.1, -0.05) is 91.1 Å². The first-order valence-electron chi connectivity index (χ1n) is 7.93. The second-order valence-corrected chi connectivity index (χ2v) is 4.91. The zero-order chi connectivity index (χ0) is 14.8. The largest absolute Gasteiger partial charge is 0.466 e. The van der Waals surface area contributed by atoms with Crippen LogP contribution in [0.25, 0.3) is 0 Å². The summed E-state index contributed by atoms with van der Waals surface area (Å²) in [5.74, 6) is -0.394. The van der Waals surface area contributed by atoms with E-state index >= 15 is 0 Å². The average Bonchev–Trinajstić information content (AvgIpc) is 2.45. The van der Waals surface area contributed by atoms with Gasteiger partial charge < -0.3 is 4.74 Å². The molecule has 0 rings (SSSR count). The normalized spacial score (nSPS) is 9.42. The molecule has 2 nitrogen and oxygen atoms in total. The number of rotatable bonds is 11. The van der Waals surface area contributed by atoms with Crippen molar-refractivity contribution in [2.75, 3.05) is 7.11 Å². The Kier molecular flexibility index (Phi) is 21.1. The zero-order valence-electron chi connectivity index (χ0n) is 13.4. The van der Waals surface area contributed by atoms with Crippen LogP contribution in [0.2, 0.25) is 0 Å². The van der Waals surface area contributed by atoms with Gasteiger partial charge in [0.05, 0.1) is 7.11 Å². The molecule has 0 saturated carbocycles. The fourth-order valence-corrected chi connectivity index (χ4v) is 1.82. The molecule has 0 radical (unpaired) electrons. The second-order valence-electron chi connectivity index (χ2n) is 4.91. The van der Waals surface area contributed by atoms with Crippen molar-refractivity contribution >= 4 is 5.97 Å². The van der Waals surface area contributed by atoms with E-state index in [-0.39, 0.29) is 0 Å². The third kappa shape index (κ3) is 22.8. The van der Waals surface area contributed by atoms with E-state index in [0.29, 0.717) is 0 Å². The van der Waals surface area contributed by atoms with Gasteiger partial charge in [-0.05, 0) is 0 Å². The Morgan fingerprint density at radius 1 is 0.842 bits per heavy atom. The van der Waals surface area contributed by atoms with Crippen molar-refractivity contribution in [3.63, 3.8) is 0 Å². The molecule has 0 atom stereocenters. The summed E-state index contributed by atoms with van der Waals surface area (Å²) < 4.78 is 4.14. The Morgan fingerprint density at radius 3 is 1.32 bits per heavy atom. The first-order valence-corrected chi connectivity index (χ1v) is 7.93. The monoisotopic (exact) mass is 270 g/mol. The van der Waals surface area contributed by atoms with E-state index < -0.39 is 5.97 Å². The Balaban J connectivity index is 0. The summed E-state index contributed by atoms with van der Waals surface area (Å²) >= 11 is 0. The molecule has 0 amide bonds. The maximum atomic E-state index is 9.84. The topological polar surface area (TPSA) is 26.3 Å². The van der Waals surface area contributed by atoms with Crippen molar-refractivity contribution in [2.45, 2.75) is 84.5 Å². The van der Waals surface area contributed by atoms with Gasteiger partial charge >= 0.3 is 5.97 Å². The van der Waals surface area contributed by atoms with Gasteiger partial charge in [0, 0.05) is 6.08 Å². The lowest BCUT2D eigenvalue weighted by Crippen LogP contribution is -1.91. The maximum Gasteiger partial charge on any atom is 0.329 e. The number of hydrogen-bond donors (Lipinski definition) is 0. The maximum absolute atomic E-state index is 9.84. The van der Waals surface area contributed by atoms with Crippen LogP contribution in [0.4, 0.5) is 0 Å². The molecular weight excluding hydrogens is 236 g/mol. The van der Waals surface area contributed by atoms with Gasteiger partial charge in [-0.25, -0.2) is 4.79 Å². The molecule has 0 bridgehead atoms. The minimum atomic E-state index is -0.394. The lowest BCUT2D eigenvalue weighted by molar-refractivity contribution is -0.134. The minimum Gasteiger partial charge on any atom is -0.466 e. The minimum absolute atomic E-state index is 0.394. The quantitative estimate of drug-likeness (QED) is 0.275. The van der Waals surface area contributed by atoms with Crippen molar-refractivity contribution in [3.05, 3.63) is 12.7 Å². The van der Waals surface area contributed by atoms with Gasteiger partial charge in [-0.3, -0.25) is 0 Å². The lowest BCUT2D eigenvalue weighted by atomic mass is 10.1. The molecule has 0 N–H and O–H groups in total. The molecule has 0 unspecified atom stereocenters. The van der Waals surface area contributed by atoms with Crippen LogP contribution < -0.4 is 0 Å². The smallest absolute Gasteiger partial charge is 0.329 e. The highest BCUT2D eigenvalue weighted by Crippen LogP contribution is 2.10. The van der Waals surface area contributed by atoms with E-state index in [1.54, 1.807) is 0 Å². The Hall–Kier alpha value is -0.790. The third-order valence-electron chi connectivity index (χ3n) is 3.07. The lowest BCUT2D eigenvalue weighted by Gasteiger charge is -2.00. The van der Waals surface area contributed by atoms with Crippen LogP contribution in [0.1, 0.15) is 84.5 Å². The number of carbonyl (C=O) groups excluding carboxylic acids is 1. The summed E-state index contributed by atoms with van der Waals surface area (Å²) in [5.41, 5.74) is 0. The molecule has 0 aliphatic rings. The van der Waals surface area contributed by atoms with E-state index in [1.807, 2.05) is 0 Å². The van der Waals surface area contributed by atoms with Crippen LogP contribution in [-0.2, 0) is 9.53 Å². The summed E-state index contributed by atoms with van der Waals surface area (Å²) in [5, 5.41) is 0. The van der Waals surface area contributed by atoms with Crippen molar-refractivity contribution in [2.24, 2.45) is 0 Å². The van der Waals surface area contributed by atoms with Crippen LogP contribution in [0, 0.1) is 0 Å². The summed E-state index contributed by atoms with van der Waals surface area (Å²) in [7, 11) is 1.31. The molecule has 0 spiro atoms. The van der Waals surface area contributed by atoms with E-state index in [4.69, 9.17) is 0 Å². The van der Waals surface area contributed by atoms with Gasteiger partial charge in [-0.2, -0.15) is 0 Å². The molecule has 0 aromatic heterocycles. The Morgan fingerprint density at radius 2 is 1.16 bits per heavy atom. The van der Waals surface area contributed by atoms with Crippen LogP contribution in [0.5, 0.6) is 0 Å². The third-order valence-corrected chi connectivity index (χ3v) is 3.07. The van der Waals surface area contributed by atoms with Gasteiger partial charge in [0.2, 0.25) is 0 Å². The summed E-state index contributed by atoms with van der Waals surface area (Å²) in [6.45, 7) is 7.72. The highest BCUT2D eigenvalue weighted by molar-refractivity contribution is 5.80. The van der Waals surface area contributed by atoms with E-state index in [0.717, 1.165) is 6.08 Å². The van der Waals surface area contributed by atoms with Crippen LogP contribution >= 0.6 is 0 Å². The van der Waals surface area contributed by atoms with Gasteiger partial charge in [-0.15, -0.1) is 0 Å². The highest BCUT2D eigenvalue weighted by Gasteiger charge is 1.91. The first kappa shape index (κ1) is 20.5. The number of unbranched alkanes of at least 4 members (excludes halogenated alkanes) is 10. The number of esters is 1. The second kappa shape index (κ2) is 19.5. The summed E-state index contributed by atoms with van der Waals surface area (Å²) in [6.07, 6.45) is 17.0. The van der Waals surface area contributed by atoms with Crippen LogP contribution in [0.15, 0.2) is 12.7 Å². The zero-order valence-corrected chi connectivity index (χ0v) is 13.4. The van der Waals surface area contributed by atoms with Gasteiger partial charge in [0.25, 0.3) is 0 Å². The predicted molar refractivity (Wildman–Crippen MR) is 84.3 cm³/mol. The first-order chi connectivity index (χ1) is 9.22.